The molecule has 0 aromatic heterocycles. The fourth-order valence-electron chi connectivity index (χ4n) is 4.49. The van der Waals surface area contributed by atoms with Crippen molar-refractivity contribution in [2.45, 2.75) is 55.1 Å². The number of benzene rings is 4. The van der Waals surface area contributed by atoms with Gasteiger partial charge in [0.25, 0.3) is 0 Å². The first kappa shape index (κ1) is 88.2. The number of hydrogen-bond acceptors (Lipinski definition) is 12. The summed E-state index contributed by atoms with van der Waals surface area (Å²) in [5.74, 6) is -1.98. The van der Waals surface area contributed by atoms with Gasteiger partial charge >= 0.3 is 30.8 Å². The van der Waals surface area contributed by atoms with Crippen molar-refractivity contribution < 1.29 is 72.2 Å². The van der Waals surface area contributed by atoms with Gasteiger partial charge < -0.3 is 49.2 Å². The summed E-state index contributed by atoms with van der Waals surface area (Å²) in [5, 5.41) is 40.9. The molecule has 0 bridgehead atoms. The predicted molar refractivity (Wildman–Crippen MR) is 335 cm³/mol. The van der Waals surface area contributed by atoms with Crippen LogP contribution in [0, 0.1) is 34.1 Å². The van der Waals surface area contributed by atoms with Gasteiger partial charge in [0.2, 0.25) is 0 Å². The first-order chi connectivity index (χ1) is 33.0. The summed E-state index contributed by atoms with van der Waals surface area (Å²) in [4.78, 5) is 21.6. The number of fused-ring (bicyclic) bond motifs is 1. The molecule has 0 unspecified atom stereocenters. The molecule has 2 aliphatic heterocycles. The Balaban J connectivity index is -0.000000118. The van der Waals surface area contributed by atoms with Crippen molar-refractivity contribution in [3.05, 3.63) is 141 Å². The van der Waals surface area contributed by atoms with Crippen LogP contribution in [0.4, 0.5) is 17.6 Å². The quantitative estimate of drug-likeness (QED) is 0.00916. The Hall–Kier alpha value is 0.410. The van der Waals surface area contributed by atoms with Gasteiger partial charge in [-0.3, -0.25) is 10.8 Å². The molecule has 0 saturated carbocycles. The van der Waals surface area contributed by atoms with Crippen LogP contribution in [0.15, 0.2) is 72.8 Å². The molecule has 2 heterocycles. The number of thioether (sulfide) groups is 2. The van der Waals surface area contributed by atoms with Crippen molar-refractivity contribution in [1.29, 1.82) is 10.8 Å². The Morgan fingerprint density at radius 3 is 1.36 bits per heavy atom. The number of aliphatic hydroxyl groups is 3. The predicted octanol–water partition coefficient (Wildman–Crippen LogP) is 9.53. The number of carbonyl (C=O) groups excluding carboxylic acids is 2. The zero-order chi connectivity index (χ0) is 54.2. The van der Waals surface area contributed by atoms with Crippen molar-refractivity contribution in [1.82, 2.24) is 0 Å². The van der Waals surface area contributed by atoms with E-state index >= 15 is 0 Å². The molecule has 0 aliphatic carbocycles. The van der Waals surface area contributed by atoms with Gasteiger partial charge in [-0.2, -0.15) is 0 Å². The van der Waals surface area contributed by atoms with Gasteiger partial charge in [0.15, 0.2) is 32.8 Å². The second-order valence-electron chi connectivity index (χ2n) is 12.3. The van der Waals surface area contributed by atoms with Crippen molar-refractivity contribution in [2.75, 3.05) is 25.2 Å². The second-order valence-corrected chi connectivity index (χ2v) is 32.1. The van der Waals surface area contributed by atoms with E-state index in [1.165, 1.54) is 67.1 Å². The van der Waals surface area contributed by atoms with E-state index in [0.717, 1.165) is 64.7 Å². The van der Waals surface area contributed by atoms with Gasteiger partial charge in [-0.25, -0.2) is 27.2 Å². The minimum absolute atomic E-state index is 0. The number of nitrogens with one attached hydrogen (secondary N) is 2. The monoisotopic (exact) mass is 1620 g/mol. The number of thiocarbonyl (C=S) groups is 1. The Bertz CT molecular complexity index is 2140. The maximum absolute atomic E-state index is 13.1. The molecule has 74 heavy (non-hydrogen) atoms. The van der Waals surface area contributed by atoms with E-state index in [0.29, 0.717) is 28.0 Å². The van der Waals surface area contributed by atoms with Crippen molar-refractivity contribution in [3.8, 4) is 0 Å². The number of halogens is 13. The molecule has 0 atom stereocenters. The Morgan fingerprint density at radius 1 is 0.676 bits per heavy atom. The third kappa shape index (κ3) is 48.3. The first-order valence-electron chi connectivity index (χ1n) is 19.3. The Morgan fingerprint density at radius 2 is 1.00 bits per heavy atom. The van der Waals surface area contributed by atoms with Crippen molar-refractivity contribution >= 4 is 220 Å². The minimum atomic E-state index is -0.783. The van der Waals surface area contributed by atoms with E-state index in [1.54, 1.807) is 25.1 Å². The van der Waals surface area contributed by atoms with E-state index < -0.39 is 23.6 Å². The third-order valence-electron chi connectivity index (χ3n) is 7.33. The van der Waals surface area contributed by atoms with Crippen LogP contribution < -0.4 is 41.8 Å². The van der Waals surface area contributed by atoms with Crippen LogP contribution in [0.2, 0.25) is 0 Å². The molecule has 6 rings (SSSR count). The van der Waals surface area contributed by atoms with Gasteiger partial charge in [0.05, 0.1) is 29.7 Å². The average molecular weight is 1630 g/mol. The summed E-state index contributed by atoms with van der Waals surface area (Å²) in [5.41, 5.74) is 24.7. The molecule has 13 N–H and O–H groups in total. The zero-order valence-electron chi connectivity index (χ0n) is 39.8. The molecular weight excluding hydrogens is 1570 g/mol. The fourth-order valence-corrected chi connectivity index (χ4v) is 6.74. The molecule has 0 amide bonds. The number of rotatable bonds is 8. The maximum atomic E-state index is 13.1. The molecule has 0 radical (unpaired) electrons. The molecule has 13 nitrogen and oxygen atoms in total. The van der Waals surface area contributed by atoms with Crippen LogP contribution >= 0.6 is 175 Å². The molecule has 4 aromatic rings. The Labute approximate surface area is 540 Å². The van der Waals surface area contributed by atoms with Crippen molar-refractivity contribution in [2.24, 2.45) is 22.9 Å². The SMILES string of the molecule is Br.Br.BrP(Br)Br.C1CCOC1.CCO.ClCCl.Fc1ccc(CBr)c(CBr)c1.N=C(N)SCc1ccc(F)cc1CSC(=N)N.NC(N)=S.O=C1OC(=O)c2cc(F)ccc21.OCc1ccc(F)cc1CO.[AlH3].[H-].[Li+]. The molecular formula is C42H58AlBr7Cl2F4LiN6O7PS3. The van der Waals surface area contributed by atoms with Gasteiger partial charge in [-0.15, -0.1) is 57.2 Å². The molecule has 1 fully saturated rings. The first-order valence-corrected chi connectivity index (χ1v) is 32.4. The van der Waals surface area contributed by atoms with Crippen LogP contribution in [-0.2, 0) is 44.9 Å². The van der Waals surface area contributed by atoms with E-state index in [-0.39, 0.29) is 139 Å². The molecule has 2 aliphatic rings. The van der Waals surface area contributed by atoms with Gasteiger partial charge in [-0.05, 0) is 166 Å². The van der Waals surface area contributed by atoms with E-state index in [1.807, 2.05) is 0 Å². The number of esters is 2. The van der Waals surface area contributed by atoms with Gasteiger partial charge in [0.1, 0.15) is 27.3 Å². The summed E-state index contributed by atoms with van der Waals surface area (Å²) >= 11 is 32.1. The fraction of sp³-hybridized carbons (Fsp3) is 0.310. The number of ether oxygens (including phenoxy) is 2. The smallest absolute Gasteiger partial charge is 1.00 e. The molecule has 0 spiro atoms. The normalized spacial score (nSPS) is 10.6. The maximum Gasteiger partial charge on any atom is 1.00 e. The number of cyclic esters (lactones) is 2. The molecule has 416 valence electrons. The van der Waals surface area contributed by atoms with Gasteiger partial charge in [-0.1, -0.05) is 73.6 Å². The largest absolute Gasteiger partial charge is 1.00 e. The summed E-state index contributed by atoms with van der Waals surface area (Å²) in [6.45, 7) is 3.52. The van der Waals surface area contributed by atoms with E-state index in [2.05, 4.69) is 107 Å². The summed E-state index contributed by atoms with van der Waals surface area (Å²) in [7, 11) is 0. The number of amidine groups is 2. The number of alkyl halides is 4. The van der Waals surface area contributed by atoms with Crippen LogP contribution in [0.25, 0.3) is 0 Å². The minimum Gasteiger partial charge on any atom is -1.00 e. The van der Waals surface area contributed by atoms with Crippen LogP contribution in [0.1, 0.15) is 75.3 Å². The van der Waals surface area contributed by atoms with E-state index in [4.69, 9.17) is 65.5 Å². The van der Waals surface area contributed by atoms with Crippen molar-refractivity contribution in [3.63, 3.8) is 0 Å². The third-order valence-corrected chi connectivity index (χ3v) is 10.1. The van der Waals surface area contributed by atoms with Crippen LogP contribution in [0.3, 0.4) is 0 Å². The Kier molecular flexibility index (Phi) is 67.6. The molecule has 32 heteroatoms. The number of hydrogen-bond donors (Lipinski definition) is 9. The molecule has 1 saturated heterocycles. The molecule has 4 aromatic carbocycles. The number of aliphatic hydroxyl groups excluding tert-OH is 3. The standard InChI is InChI=1S/C10H13FN4S2.C8H7Br2F.C8H3FO3.C8H9FO2.C4H8O.C2H6O.CH2Cl2.CH4N2S.Al.Br3P.2BrH.Li.4H/c11-8-2-1-6(4-16-9(12)13)7(3-8)5-17-10(14)15;9-4-6-1-2-8(11)3-7(6)5-10;9-4-1-2-5-6(3-4)8(11)12-7(5)10;9-8-2-1-6(4-10)7(3-8)5-11;1-2-4-5-3-1;1-2-3;2-1-3;2-1(3)4;;1-4(2)3;;;;;;;/h1-3H,4-5H2,(H3,12,13)(H3,14,15);1-3H,4-5H2;1-3H;1-3,10-11H,4-5H2;1-4H2;3H,2H2,1H3;1H2;(H4,2,3,4);;;2*1H;;;;;/q;;;;;;;;;;;;+1;;;;-1. The zero-order valence-corrected chi connectivity index (χ0v) is 55.1. The van der Waals surface area contributed by atoms with Gasteiger partial charge in [0, 0.05) is 42.0 Å². The average Bonchev–Trinajstić information content (AvgIpc) is 3.97. The van der Waals surface area contributed by atoms with Crippen LogP contribution in [-0.4, -0.2) is 85.2 Å². The number of carbonyl (C=O) groups is 2. The topological polar surface area (TPSA) is 265 Å². The summed E-state index contributed by atoms with van der Waals surface area (Å²) < 4.78 is 59.8. The summed E-state index contributed by atoms with van der Waals surface area (Å²) in [6, 6.07) is 16.5. The number of nitrogens with two attached hydrogens (primary N) is 4. The van der Waals surface area contributed by atoms with Crippen LogP contribution in [0.5, 0.6) is 0 Å². The second kappa shape index (κ2) is 56.7. The summed E-state index contributed by atoms with van der Waals surface area (Å²) in [6.07, 6.45) is 2.56. The van der Waals surface area contributed by atoms with E-state index in [9.17, 15) is 27.2 Å².